The van der Waals surface area contributed by atoms with Crippen LogP contribution in [0.2, 0.25) is 0 Å². The molecule has 0 rings (SSSR count). The summed E-state index contributed by atoms with van der Waals surface area (Å²) in [7, 11) is -2.81. The molecule has 0 unspecified atom stereocenters. The van der Waals surface area contributed by atoms with Crippen LogP contribution in [0.4, 0.5) is 0 Å². The standard InChI is InChI=1S/C6H14ClNO2S/c1-2-11(9,10)6-5-8-4-3-7/h8H,2-6H2,1H3. The molecular formula is C6H14ClNO2S. The van der Waals surface area contributed by atoms with Crippen LogP contribution in [0.15, 0.2) is 0 Å². The minimum absolute atomic E-state index is 0.209. The molecule has 3 nitrogen and oxygen atoms in total. The van der Waals surface area contributed by atoms with Crippen molar-refractivity contribution in [3.05, 3.63) is 0 Å². The topological polar surface area (TPSA) is 46.2 Å². The fourth-order valence-corrected chi connectivity index (χ4v) is 1.44. The Bertz CT molecular complexity index is 179. The molecule has 11 heavy (non-hydrogen) atoms. The molecule has 5 heteroatoms. The number of nitrogens with one attached hydrogen (secondary N) is 1. The Morgan fingerprint density at radius 1 is 1.36 bits per heavy atom. The van der Waals surface area contributed by atoms with Crippen molar-refractivity contribution in [2.75, 3.05) is 30.5 Å². The summed E-state index contributed by atoms with van der Waals surface area (Å²) in [6, 6.07) is 0. The molecule has 0 amide bonds. The van der Waals surface area contributed by atoms with Gasteiger partial charge in [-0.05, 0) is 0 Å². The van der Waals surface area contributed by atoms with Crippen LogP contribution >= 0.6 is 11.6 Å². The summed E-state index contributed by atoms with van der Waals surface area (Å²) in [5.41, 5.74) is 0. The van der Waals surface area contributed by atoms with E-state index in [9.17, 15) is 8.42 Å². The summed E-state index contributed by atoms with van der Waals surface area (Å²) in [6.45, 7) is 2.82. The Balaban J connectivity index is 3.39. The van der Waals surface area contributed by atoms with Gasteiger partial charge in [0.2, 0.25) is 0 Å². The summed E-state index contributed by atoms with van der Waals surface area (Å²) < 4.78 is 21.8. The number of hydrogen-bond acceptors (Lipinski definition) is 3. The van der Waals surface area contributed by atoms with E-state index in [1.165, 1.54) is 0 Å². The molecule has 0 bridgehead atoms. The van der Waals surface area contributed by atoms with Gasteiger partial charge in [0.25, 0.3) is 0 Å². The molecule has 0 aromatic rings. The second-order valence-corrected chi connectivity index (χ2v) is 5.03. The third-order valence-corrected chi connectivity index (χ3v) is 3.20. The quantitative estimate of drug-likeness (QED) is 0.493. The van der Waals surface area contributed by atoms with Gasteiger partial charge in [-0.15, -0.1) is 11.6 Å². The summed E-state index contributed by atoms with van der Waals surface area (Å²) in [6.07, 6.45) is 0. The van der Waals surface area contributed by atoms with Crippen molar-refractivity contribution in [3.63, 3.8) is 0 Å². The van der Waals surface area contributed by atoms with E-state index in [0.717, 1.165) is 0 Å². The van der Waals surface area contributed by atoms with Crippen LogP contribution in [-0.4, -0.2) is 38.9 Å². The van der Waals surface area contributed by atoms with E-state index in [2.05, 4.69) is 5.32 Å². The minimum Gasteiger partial charge on any atom is -0.315 e. The van der Waals surface area contributed by atoms with Crippen molar-refractivity contribution >= 4 is 21.4 Å². The van der Waals surface area contributed by atoms with Gasteiger partial charge in [0.1, 0.15) is 0 Å². The Hall–Kier alpha value is 0.200. The average molecular weight is 200 g/mol. The zero-order valence-corrected chi connectivity index (χ0v) is 8.21. The Morgan fingerprint density at radius 2 is 2.00 bits per heavy atom. The predicted octanol–water partition coefficient (Wildman–Crippen LogP) is 0.250. The van der Waals surface area contributed by atoms with Gasteiger partial charge in [-0.1, -0.05) is 6.92 Å². The lowest BCUT2D eigenvalue weighted by atomic mass is 10.7. The SMILES string of the molecule is CCS(=O)(=O)CCNCCCl. The van der Waals surface area contributed by atoms with E-state index in [1.807, 2.05) is 0 Å². The van der Waals surface area contributed by atoms with Gasteiger partial charge in [-0.25, -0.2) is 8.42 Å². The summed E-state index contributed by atoms with van der Waals surface area (Å²) in [5, 5.41) is 2.91. The number of rotatable bonds is 6. The molecular weight excluding hydrogens is 186 g/mol. The van der Waals surface area contributed by atoms with Crippen LogP contribution in [0.25, 0.3) is 0 Å². The molecule has 0 heterocycles. The smallest absolute Gasteiger partial charge is 0.151 e. The van der Waals surface area contributed by atoms with Gasteiger partial charge in [-0.3, -0.25) is 0 Å². The Labute approximate surface area is 73.0 Å². The Morgan fingerprint density at radius 3 is 2.45 bits per heavy atom. The molecule has 0 aliphatic rings. The largest absolute Gasteiger partial charge is 0.315 e. The van der Waals surface area contributed by atoms with E-state index >= 15 is 0 Å². The fraction of sp³-hybridized carbons (Fsp3) is 1.00. The van der Waals surface area contributed by atoms with Crippen LogP contribution in [0.5, 0.6) is 0 Å². The monoisotopic (exact) mass is 199 g/mol. The van der Waals surface area contributed by atoms with Gasteiger partial charge in [0.05, 0.1) is 5.75 Å². The van der Waals surface area contributed by atoms with E-state index in [1.54, 1.807) is 6.92 Å². The first-order chi connectivity index (χ1) is 5.12. The maximum atomic E-state index is 10.9. The number of alkyl halides is 1. The number of sulfone groups is 1. The predicted molar refractivity (Wildman–Crippen MR) is 47.9 cm³/mol. The van der Waals surface area contributed by atoms with E-state index < -0.39 is 9.84 Å². The molecule has 0 aromatic carbocycles. The first kappa shape index (κ1) is 11.2. The van der Waals surface area contributed by atoms with Crippen LogP contribution in [0.3, 0.4) is 0 Å². The highest BCUT2D eigenvalue weighted by molar-refractivity contribution is 7.91. The van der Waals surface area contributed by atoms with Crippen LogP contribution < -0.4 is 5.32 Å². The second-order valence-electron chi connectivity index (χ2n) is 2.18. The van der Waals surface area contributed by atoms with Crippen molar-refractivity contribution in [1.82, 2.24) is 5.32 Å². The van der Waals surface area contributed by atoms with E-state index in [4.69, 9.17) is 11.6 Å². The summed E-state index contributed by atoms with van der Waals surface area (Å²) in [5.74, 6) is 0.947. The van der Waals surface area contributed by atoms with Gasteiger partial charge in [0.15, 0.2) is 9.84 Å². The first-order valence-corrected chi connectivity index (χ1v) is 5.95. The molecule has 0 atom stereocenters. The second kappa shape index (κ2) is 5.80. The van der Waals surface area contributed by atoms with Crippen LogP contribution in [0.1, 0.15) is 6.92 Å². The minimum atomic E-state index is -2.81. The normalized spacial score (nSPS) is 11.8. The van der Waals surface area contributed by atoms with Crippen molar-refractivity contribution in [3.8, 4) is 0 Å². The molecule has 68 valence electrons. The van der Waals surface area contributed by atoms with Crippen molar-refractivity contribution in [2.45, 2.75) is 6.92 Å². The zero-order chi connectivity index (χ0) is 8.74. The maximum absolute atomic E-state index is 10.9. The van der Waals surface area contributed by atoms with Crippen molar-refractivity contribution in [1.29, 1.82) is 0 Å². The third kappa shape index (κ3) is 6.59. The zero-order valence-electron chi connectivity index (χ0n) is 6.64. The van der Waals surface area contributed by atoms with Gasteiger partial charge in [0, 0.05) is 24.7 Å². The first-order valence-electron chi connectivity index (χ1n) is 3.59. The lowest BCUT2D eigenvalue weighted by Gasteiger charge is -2.01. The average Bonchev–Trinajstić information content (AvgIpc) is 1.99. The van der Waals surface area contributed by atoms with Gasteiger partial charge in [-0.2, -0.15) is 0 Å². The van der Waals surface area contributed by atoms with Gasteiger partial charge >= 0.3 is 0 Å². The fourth-order valence-electron chi connectivity index (χ4n) is 0.564. The van der Waals surface area contributed by atoms with Crippen molar-refractivity contribution in [2.24, 2.45) is 0 Å². The third-order valence-electron chi connectivity index (χ3n) is 1.30. The molecule has 0 radical (unpaired) electrons. The molecule has 0 spiro atoms. The highest BCUT2D eigenvalue weighted by Crippen LogP contribution is 1.86. The van der Waals surface area contributed by atoms with Crippen LogP contribution in [-0.2, 0) is 9.84 Å². The van der Waals surface area contributed by atoms with E-state index in [0.29, 0.717) is 19.0 Å². The number of halogens is 1. The molecule has 0 aromatic heterocycles. The summed E-state index contributed by atoms with van der Waals surface area (Å²) >= 11 is 5.37. The Kier molecular flexibility index (Phi) is 5.91. The highest BCUT2D eigenvalue weighted by atomic mass is 35.5. The van der Waals surface area contributed by atoms with Gasteiger partial charge < -0.3 is 5.32 Å². The molecule has 0 aliphatic heterocycles. The lowest BCUT2D eigenvalue weighted by molar-refractivity contribution is 0.593. The molecule has 0 saturated heterocycles. The molecule has 0 fully saturated rings. The number of hydrogen-bond donors (Lipinski definition) is 1. The molecule has 1 N–H and O–H groups in total. The van der Waals surface area contributed by atoms with Crippen LogP contribution in [0, 0.1) is 0 Å². The highest BCUT2D eigenvalue weighted by Gasteiger charge is 2.04. The van der Waals surface area contributed by atoms with E-state index in [-0.39, 0.29) is 11.5 Å². The maximum Gasteiger partial charge on any atom is 0.151 e. The molecule has 0 saturated carbocycles. The molecule has 0 aliphatic carbocycles. The summed E-state index contributed by atoms with van der Waals surface area (Å²) in [4.78, 5) is 0. The lowest BCUT2D eigenvalue weighted by Crippen LogP contribution is -2.25. The van der Waals surface area contributed by atoms with Crippen molar-refractivity contribution < 1.29 is 8.42 Å².